The van der Waals surface area contributed by atoms with E-state index in [1.54, 1.807) is 12.4 Å². The summed E-state index contributed by atoms with van der Waals surface area (Å²) >= 11 is 0. The third-order valence-electron chi connectivity index (χ3n) is 1.62. The first-order chi connectivity index (χ1) is 6.38. The number of aliphatic imine (C=N–C) groups is 1. The number of pyridine rings is 1. The van der Waals surface area contributed by atoms with Crippen molar-refractivity contribution >= 4 is 11.8 Å². The van der Waals surface area contributed by atoms with Gasteiger partial charge in [0.25, 0.3) is 0 Å². The average Bonchev–Trinajstić information content (AvgIpc) is 2.21. The third-order valence-corrected chi connectivity index (χ3v) is 1.62. The van der Waals surface area contributed by atoms with E-state index in [0.29, 0.717) is 0 Å². The molecule has 0 N–H and O–H groups in total. The van der Waals surface area contributed by atoms with Crippen molar-refractivity contribution in [3.8, 4) is 0 Å². The van der Waals surface area contributed by atoms with Crippen LogP contribution in [0, 0.1) is 0 Å². The lowest BCUT2D eigenvalue weighted by Crippen LogP contribution is -1.85. The minimum Gasteiger partial charge on any atom is -0.265 e. The van der Waals surface area contributed by atoms with Crippen LogP contribution in [-0.2, 0) is 0 Å². The van der Waals surface area contributed by atoms with E-state index < -0.39 is 0 Å². The second-order valence-electron chi connectivity index (χ2n) is 2.45. The highest BCUT2D eigenvalue weighted by Gasteiger charge is 1.94. The Labute approximate surface area is 78.4 Å². The number of hydrogen-bond acceptors (Lipinski definition) is 2. The first-order valence-corrected chi connectivity index (χ1v) is 4.09. The molecule has 0 saturated heterocycles. The molecular weight excluding hydrogens is 160 g/mol. The zero-order chi connectivity index (χ0) is 9.52. The van der Waals surface area contributed by atoms with Crippen molar-refractivity contribution in [2.45, 2.75) is 6.92 Å². The molecule has 0 fully saturated rings. The molecule has 0 amide bonds. The summed E-state index contributed by atoms with van der Waals surface area (Å²) in [5.74, 6) is 0. The lowest BCUT2D eigenvalue weighted by Gasteiger charge is -1.98. The highest BCUT2D eigenvalue weighted by molar-refractivity contribution is 6.09. The van der Waals surface area contributed by atoms with Gasteiger partial charge in [-0.15, -0.1) is 0 Å². The number of allylic oxidation sites excluding steroid dienone is 2. The predicted octanol–water partition coefficient (Wildman–Crippen LogP) is 2.70. The van der Waals surface area contributed by atoms with Crippen molar-refractivity contribution in [3.05, 3.63) is 48.9 Å². The Balaban J connectivity index is 2.92. The maximum Gasteiger partial charge on any atom is 0.0346 e. The summed E-state index contributed by atoms with van der Waals surface area (Å²) in [5.41, 5.74) is 2.11. The van der Waals surface area contributed by atoms with E-state index in [-0.39, 0.29) is 0 Å². The molecule has 0 saturated carbocycles. The van der Waals surface area contributed by atoms with Crippen LogP contribution in [0.1, 0.15) is 12.5 Å². The molecule has 66 valence electrons. The van der Waals surface area contributed by atoms with E-state index in [9.17, 15) is 0 Å². The number of hydrogen-bond donors (Lipinski definition) is 0. The molecule has 0 aliphatic carbocycles. The smallest absolute Gasteiger partial charge is 0.0346 e. The second kappa shape index (κ2) is 5.04. The maximum atomic E-state index is 4.03. The Morgan fingerprint density at radius 1 is 1.62 bits per heavy atom. The van der Waals surface area contributed by atoms with Crippen LogP contribution < -0.4 is 0 Å². The van der Waals surface area contributed by atoms with Gasteiger partial charge in [-0.2, -0.15) is 0 Å². The summed E-state index contributed by atoms with van der Waals surface area (Å²) in [4.78, 5) is 8.00. The van der Waals surface area contributed by atoms with E-state index in [1.165, 1.54) is 6.20 Å². The molecule has 0 aromatic carbocycles. The highest BCUT2D eigenvalue weighted by atomic mass is 14.7. The van der Waals surface area contributed by atoms with Gasteiger partial charge in [0.15, 0.2) is 0 Å². The Morgan fingerprint density at radius 2 is 2.46 bits per heavy atom. The quantitative estimate of drug-likeness (QED) is 0.643. The molecule has 2 heteroatoms. The van der Waals surface area contributed by atoms with Crippen molar-refractivity contribution in [2.24, 2.45) is 4.99 Å². The van der Waals surface area contributed by atoms with Crippen molar-refractivity contribution in [3.63, 3.8) is 0 Å². The molecule has 0 bridgehead atoms. The largest absolute Gasteiger partial charge is 0.265 e. The van der Waals surface area contributed by atoms with Crippen LogP contribution in [0.15, 0.2) is 48.4 Å². The first kappa shape index (κ1) is 9.39. The van der Waals surface area contributed by atoms with Gasteiger partial charge in [0.2, 0.25) is 0 Å². The van der Waals surface area contributed by atoms with E-state index in [1.807, 2.05) is 31.3 Å². The van der Waals surface area contributed by atoms with Crippen molar-refractivity contribution < 1.29 is 0 Å². The number of rotatable bonds is 3. The molecule has 0 spiro atoms. The third kappa shape index (κ3) is 2.67. The molecule has 0 aliphatic rings. The Kier molecular flexibility index (Phi) is 3.64. The van der Waals surface area contributed by atoms with Crippen molar-refractivity contribution in [1.29, 1.82) is 0 Å². The number of nitrogens with zero attached hydrogens (tertiary/aromatic N) is 2. The number of aromatic nitrogens is 1. The Bertz CT molecular complexity index is 323. The van der Waals surface area contributed by atoms with Gasteiger partial charge in [-0.1, -0.05) is 18.7 Å². The summed E-state index contributed by atoms with van der Waals surface area (Å²) in [7, 11) is 0. The summed E-state index contributed by atoms with van der Waals surface area (Å²) in [5, 5.41) is 0. The van der Waals surface area contributed by atoms with Gasteiger partial charge < -0.3 is 0 Å². The van der Waals surface area contributed by atoms with Gasteiger partial charge in [-0.05, 0) is 18.6 Å². The first-order valence-electron chi connectivity index (χ1n) is 4.09. The topological polar surface area (TPSA) is 25.2 Å². The van der Waals surface area contributed by atoms with Crippen LogP contribution in [0.5, 0.6) is 0 Å². The molecule has 1 aromatic rings. The fourth-order valence-corrected chi connectivity index (χ4v) is 0.982. The summed E-state index contributed by atoms with van der Waals surface area (Å²) in [6.07, 6.45) is 8.83. The van der Waals surface area contributed by atoms with Gasteiger partial charge in [0, 0.05) is 30.4 Å². The van der Waals surface area contributed by atoms with Gasteiger partial charge in [-0.25, -0.2) is 0 Å². The summed E-state index contributed by atoms with van der Waals surface area (Å²) in [6, 6.07) is 3.90. The molecule has 13 heavy (non-hydrogen) atoms. The fourth-order valence-electron chi connectivity index (χ4n) is 0.982. The SMILES string of the molecule is C=CN=C/C(=C\C)c1cccnc1. The van der Waals surface area contributed by atoms with Gasteiger partial charge >= 0.3 is 0 Å². The molecule has 1 rings (SSSR count). The van der Waals surface area contributed by atoms with E-state index >= 15 is 0 Å². The van der Waals surface area contributed by atoms with E-state index in [4.69, 9.17) is 0 Å². The molecular formula is C11H12N2. The second-order valence-corrected chi connectivity index (χ2v) is 2.45. The van der Waals surface area contributed by atoms with Crippen LogP contribution in [0.3, 0.4) is 0 Å². The summed E-state index contributed by atoms with van der Waals surface area (Å²) < 4.78 is 0. The minimum absolute atomic E-state index is 1.05. The van der Waals surface area contributed by atoms with Crippen molar-refractivity contribution in [2.75, 3.05) is 0 Å². The molecule has 0 radical (unpaired) electrons. The molecule has 2 nitrogen and oxygen atoms in total. The zero-order valence-electron chi connectivity index (χ0n) is 7.64. The highest BCUT2D eigenvalue weighted by Crippen LogP contribution is 2.09. The monoisotopic (exact) mass is 172 g/mol. The van der Waals surface area contributed by atoms with Crippen LogP contribution in [0.25, 0.3) is 5.57 Å². The maximum absolute atomic E-state index is 4.03. The van der Waals surface area contributed by atoms with Gasteiger partial charge in [0.05, 0.1) is 0 Å². The predicted molar refractivity (Wildman–Crippen MR) is 56.6 cm³/mol. The average molecular weight is 172 g/mol. The molecule has 0 atom stereocenters. The standard InChI is InChI=1S/C11H12N2/c1-3-10(8-12-4-2)11-6-5-7-13-9-11/h3-9H,2H2,1H3/b10-3+,12-8?. The Hall–Kier alpha value is -1.70. The molecule has 1 heterocycles. The van der Waals surface area contributed by atoms with Gasteiger partial charge in [0.1, 0.15) is 0 Å². The van der Waals surface area contributed by atoms with Crippen LogP contribution >= 0.6 is 0 Å². The van der Waals surface area contributed by atoms with Crippen LogP contribution in [0.2, 0.25) is 0 Å². The lowest BCUT2D eigenvalue weighted by atomic mass is 10.1. The van der Waals surface area contributed by atoms with E-state index in [0.717, 1.165) is 11.1 Å². The fraction of sp³-hybridized carbons (Fsp3) is 0.0909. The Morgan fingerprint density at radius 3 is 3.00 bits per heavy atom. The zero-order valence-corrected chi connectivity index (χ0v) is 7.64. The molecule has 0 unspecified atom stereocenters. The molecule has 0 aliphatic heterocycles. The van der Waals surface area contributed by atoms with Gasteiger partial charge in [-0.3, -0.25) is 9.98 Å². The summed E-state index contributed by atoms with van der Waals surface area (Å²) in [6.45, 7) is 5.49. The van der Waals surface area contributed by atoms with Crippen LogP contribution in [-0.4, -0.2) is 11.2 Å². The van der Waals surface area contributed by atoms with Crippen molar-refractivity contribution in [1.82, 2.24) is 4.98 Å². The molecule has 1 aromatic heterocycles. The van der Waals surface area contributed by atoms with E-state index in [2.05, 4.69) is 16.6 Å². The minimum atomic E-state index is 1.05. The van der Waals surface area contributed by atoms with Crippen LogP contribution in [0.4, 0.5) is 0 Å². The normalized spacial score (nSPS) is 11.9. The lowest BCUT2D eigenvalue weighted by molar-refractivity contribution is 1.31.